The van der Waals surface area contributed by atoms with Crippen LogP contribution in [-0.2, 0) is 11.4 Å². The number of fused-ring (bicyclic) bond motifs is 1. The topological polar surface area (TPSA) is 76.7 Å². The summed E-state index contributed by atoms with van der Waals surface area (Å²) < 4.78 is 11.3. The third kappa shape index (κ3) is 5.87. The number of amides is 1. The molecule has 156 valence electrons. The summed E-state index contributed by atoms with van der Waals surface area (Å²) in [5.41, 5.74) is 5.73. The number of hydrogen-bond acceptors (Lipinski definition) is 6. The van der Waals surface area contributed by atoms with Gasteiger partial charge in [-0.2, -0.15) is 5.10 Å². The summed E-state index contributed by atoms with van der Waals surface area (Å²) in [6.45, 7) is 0.432. The van der Waals surface area contributed by atoms with Crippen LogP contribution >= 0.6 is 23.4 Å². The third-order valence-corrected chi connectivity index (χ3v) is 5.32. The molecule has 0 saturated heterocycles. The molecule has 0 bridgehead atoms. The van der Waals surface area contributed by atoms with Gasteiger partial charge in [-0.1, -0.05) is 65.8 Å². The van der Waals surface area contributed by atoms with E-state index in [1.54, 1.807) is 12.1 Å². The maximum Gasteiger partial charge on any atom is 0.257 e. The van der Waals surface area contributed by atoms with Gasteiger partial charge in [0.2, 0.25) is 0 Å². The minimum Gasteiger partial charge on any atom is -0.487 e. The second-order valence-corrected chi connectivity index (χ2v) is 7.83. The van der Waals surface area contributed by atoms with Gasteiger partial charge in [-0.05, 0) is 41.5 Å². The third-order valence-electron chi connectivity index (χ3n) is 4.20. The predicted octanol–water partition coefficient (Wildman–Crippen LogP) is 5.30. The van der Waals surface area contributed by atoms with Crippen LogP contribution in [0.25, 0.3) is 11.1 Å². The van der Waals surface area contributed by atoms with Crippen molar-refractivity contribution >= 4 is 46.6 Å². The molecule has 0 radical (unpaired) electrons. The molecule has 3 aromatic carbocycles. The standard InChI is InChI=1S/C23H18ClN3O3S/c24-18-12-17(10-11-20(18)29-14-16-6-2-1-3-7-16)13-25-27-22(28)15-31-23-26-19-8-4-5-9-21(19)30-23/h1-13H,14-15H2,(H,27,28)/b25-13-. The van der Waals surface area contributed by atoms with Crippen LogP contribution in [0.5, 0.6) is 5.75 Å². The summed E-state index contributed by atoms with van der Waals surface area (Å²) in [7, 11) is 0. The van der Waals surface area contributed by atoms with Crippen molar-refractivity contribution in [2.24, 2.45) is 5.10 Å². The lowest BCUT2D eigenvalue weighted by atomic mass is 10.2. The first-order chi connectivity index (χ1) is 15.2. The van der Waals surface area contributed by atoms with Crippen molar-refractivity contribution in [1.29, 1.82) is 0 Å². The molecule has 0 unspecified atom stereocenters. The molecule has 1 amide bonds. The van der Waals surface area contributed by atoms with Gasteiger partial charge in [0.05, 0.1) is 17.0 Å². The summed E-state index contributed by atoms with van der Waals surface area (Å²) in [6, 6.07) is 22.6. The van der Waals surface area contributed by atoms with Gasteiger partial charge in [-0.3, -0.25) is 4.79 Å². The molecule has 6 nitrogen and oxygen atoms in total. The van der Waals surface area contributed by atoms with Crippen molar-refractivity contribution in [3.05, 3.63) is 88.9 Å². The Kier molecular flexibility index (Phi) is 6.86. The number of carbonyl (C=O) groups is 1. The number of hydrazone groups is 1. The number of nitrogens with zero attached hydrogens (tertiary/aromatic N) is 2. The first-order valence-electron chi connectivity index (χ1n) is 9.44. The number of halogens is 1. The molecule has 31 heavy (non-hydrogen) atoms. The van der Waals surface area contributed by atoms with Gasteiger partial charge >= 0.3 is 0 Å². The number of hydrogen-bond donors (Lipinski definition) is 1. The van der Waals surface area contributed by atoms with Crippen molar-refractivity contribution in [2.45, 2.75) is 11.8 Å². The number of nitrogens with one attached hydrogen (secondary N) is 1. The highest BCUT2D eigenvalue weighted by atomic mass is 35.5. The SMILES string of the molecule is O=C(CSc1nc2ccccc2o1)N/N=C\c1ccc(OCc2ccccc2)c(Cl)c1. The fraction of sp³-hybridized carbons (Fsp3) is 0.0870. The van der Waals surface area contributed by atoms with Crippen molar-refractivity contribution in [3.8, 4) is 5.75 Å². The van der Waals surface area contributed by atoms with E-state index in [0.29, 0.717) is 28.2 Å². The van der Waals surface area contributed by atoms with E-state index in [1.165, 1.54) is 18.0 Å². The Hall–Kier alpha value is -3.29. The highest BCUT2D eigenvalue weighted by Gasteiger charge is 2.08. The number of aromatic nitrogens is 1. The van der Waals surface area contributed by atoms with Crippen molar-refractivity contribution < 1.29 is 13.9 Å². The number of rotatable bonds is 8. The number of oxazole rings is 1. The predicted molar refractivity (Wildman–Crippen MR) is 123 cm³/mol. The van der Waals surface area contributed by atoms with Crippen molar-refractivity contribution in [2.75, 3.05) is 5.75 Å². The molecule has 4 rings (SSSR count). The van der Waals surface area contributed by atoms with Crippen LogP contribution < -0.4 is 10.2 Å². The summed E-state index contributed by atoms with van der Waals surface area (Å²) >= 11 is 7.50. The molecule has 0 atom stereocenters. The molecule has 0 aliphatic carbocycles. The Morgan fingerprint density at radius 1 is 1.13 bits per heavy atom. The quantitative estimate of drug-likeness (QED) is 0.223. The first kappa shape index (κ1) is 21.0. The van der Waals surface area contributed by atoms with Gasteiger partial charge in [-0.15, -0.1) is 0 Å². The van der Waals surface area contributed by atoms with Crippen molar-refractivity contribution in [3.63, 3.8) is 0 Å². The maximum absolute atomic E-state index is 12.0. The molecule has 1 N–H and O–H groups in total. The Bertz CT molecular complexity index is 1180. The van der Waals surface area contributed by atoms with Gasteiger partial charge in [-0.25, -0.2) is 10.4 Å². The van der Waals surface area contributed by atoms with Gasteiger partial charge in [0.15, 0.2) is 5.58 Å². The van der Waals surface area contributed by atoms with Crippen LogP contribution in [0.4, 0.5) is 0 Å². The molecule has 8 heteroatoms. The molecule has 4 aromatic rings. The van der Waals surface area contributed by atoms with E-state index in [4.69, 9.17) is 20.8 Å². The molecule has 1 aromatic heterocycles. The van der Waals surface area contributed by atoms with Crippen LogP contribution in [0.3, 0.4) is 0 Å². The summed E-state index contributed by atoms with van der Waals surface area (Å²) in [5, 5.41) is 4.89. The average Bonchev–Trinajstić information content (AvgIpc) is 3.21. The lowest BCUT2D eigenvalue weighted by Crippen LogP contribution is -2.19. The zero-order valence-corrected chi connectivity index (χ0v) is 17.9. The molecule has 0 aliphatic heterocycles. The number of ether oxygens (including phenoxy) is 1. The zero-order chi connectivity index (χ0) is 21.5. The Labute approximate surface area is 188 Å². The number of carbonyl (C=O) groups excluding carboxylic acids is 1. The van der Waals surface area contributed by atoms with E-state index in [-0.39, 0.29) is 11.7 Å². The van der Waals surface area contributed by atoms with Crippen LogP contribution in [-0.4, -0.2) is 22.9 Å². The van der Waals surface area contributed by atoms with Gasteiger partial charge in [0, 0.05) is 0 Å². The molecular formula is C23H18ClN3O3S. The van der Waals surface area contributed by atoms with E-state index in [0.717, 1.165) is 16.6 Å². The number of thioether (sulfide) groups is 1. The lowest BCUT2D eigenvalue weighted by molar-refractivity contribution is -0.118. The lowest BCUT2D eigenvalue weighted by Gasteiger charge is -2.08. The van der Waals surface area contributed by atoms with E-state index in [2.05, 4.69) is 15.5 Å². The molecule has 1 heterocycles. The molecular weight excluding hydrogens is 434 g/mol. The van der Waals surface area contributed by atoms with Crippen LogP contribution in [0.15, 0.2) is 87.5 Å². The monoisotopic (exact) mass is 451 g/mol. The summed E-state index contributed by atoms with van der Waals surface area (Å²) in [6.07, 6.45) is 1.52. The molecule has 0 aliphatic rings. The van der Waals surface area contributed by atoms with Crippen LogP contribution in [0, 0.1) is 0 Å². The van der Waals surface area contributed by atoms with E-state index < -0.39 is 0 Å². The second-order valence-electron chi connectivity index (χ2n) is 6.49. The van der Waals surface area contributed by atoms with E-state index in [9.17, 15) is 4.79 Å². The van der Waals surface area contributed by atoms with Gasteiger partial charge < -0.3 is 9.15 Å². The van der Waals surface area contributed by atoms with Gasteiger partial charge in [0.25, 0.3) is 11.1 Å². The Morgan fingerprint density at radius 2 is 1.94 bits per heavy atom. The largest absolute Gasteiger partial charge is 0.487 e. The summed E-state index contributed by atoms with van der Waals surface area (Å²) in [4.78, 5) is 16.3. The zero-order valence-electron chi connectivity index (χ0n) is 16.3. The first-order valence-corrected chi connectivity index (χ1v) is 10.8. The van der Waals surface area contributed by atoms with Gasteiger partial charge in [0.1, 0.15) is 17.9 Å². The highest BCUT2D eigenvalue weighted by molar-refractivity contribution is 7.99. The Balaban J connectivity index is 1.26. The molecule has 0 fully saturated rings. The number of para-hydroxylation sites is 2. The Morgan fingerprint density at radius 3 is 2.74 bits per heavy atom. The second kappa shape index (κ2) is 10.1. The molecule has 0 spiro atoms. The van der Waals surface area contributed by atoms with Crippen molar-refractivity contribution in [1.82, 2.24) is 10.4 Å². The van der Waals surface area contributed by atoms with Crippen LogP contribution in [0.2, 0.25) is 5.02 Å². The summed E-state index contributed by atoms with van der Waals surface area (Å²) in [5.74, 6) is 0.454. The van der Waals surface area contributed by atoms with E-state index >= 15 is 0 Å². The number of benzene rings is 3. The fourth-order valence-corrected chi connectivity index (χ4v) is 3.58. The minimum absolute atomic E-state index is 0.136. The van der Waals surface area contributed by atoms with Crippen LogP contribution in [0.1, 0.15) is 11.1 Å². The maximum atomic E-state index is 12.0. The average molecular weight is 452 g/mol. The van der Waals surface area contributed by atoms with E-state index in [1.807, 2.05) is 60.7 Å². The highest BCUT2D eigenvalue weighted by Crippen LogP contribution is 2.26. The normalized spacial score (nSPS) is 11.1. The smallest absolute Gasteiger partial charge is 0.257 e. The fourth-order valence-electron chi connectivity index (χ4n) is 2.70. The molecule has 0 saturated carbocycles. The minimum atomic E-state index is -0.266.